The van der Waals surface area contributed by atoms with Gasteiger partial charge in [0.25, 0.3) is 5.56 Å². The molecule has 1 aromatic heterocycles. The minimum Gasteiger partial charge on any atom is -0.307 e. The molecule has 1 heterocycles. The lowest BCUT2D eigenvalue weighted by Crippen LogP contribution is -2.36. The minimum atomic E-state index is -0.0809. The maximum atomic E-state index is 11.6. The molecular weight excluding hydrogens is 162 g/mol. The highest BCUT2D eigenvalue weighted by Crippen LogP contribution is 2.18. The van der Waals surface area contributed by atoms with Gasteiger partial charge in [0.15, 0.2) is 0 Å². The summed E-state index contributed by atoms with van der Waals surface area (Å²) in [6.07, 6.45) is 0.956. The topological polar surface area (TPSA) is 22.0 Å². The van der Waals surface area contributed by atoms with Crippen LogP contribution in [0, 0.1) is 6.92 Å². The van der Waals surface area contributed by atoms with Crippen molar-refractivity contribution in [1.82, 2.24) is 4.57 Å². The first-order valence-corrected chi connectivity index (χ1v) is 4.68. The molecule has 0 aliphatic heterocycles. The molecule has 13 heavy (non-hydrogen) atoms. The van der Waals surface area contributed by atoms with Crippen molar-refractivity contribution >= 4 is 0 Å². The summed E-state index contributed by atoms with van der Waals surface area (Å²) in [5.41, 5.74) is 1.04. The molecule has 0 bridgehead atoms. The van der Waals surface area contributed by atoms with E-state index < -0.39 is 0 Å². The molecule has 0 radical (unpaired) electrons. The largest absolute Gasteiger partial charge is 0.307 e. The van der Waals surface area contributed by atoms with E-state index >= 15 is 0 Å². The average molecular weight is 179 g/mol. The lowest BCUT2D eigenvalue weighted by Gasteiger charge is -2.28. The Bertz CT molecular complexity index is 349. The van der Waals surface area contributed by atoms with Gasteiger partial charge >= 0.3 is 0 Å². The fourth-order valence-corrected chi connectivity index (χ4v) is 1.53. The third kappa shape index (κ3) is 1.82. The molecule has 0 fully saturated rings. The highest BCUT2D eigenvalue weighted by molar-refractivity contribution is 5.07. The Balaban J connectivity index is 3.37. The quantitative estimate of drug-likeness (QED) is 0.682. The zero-order valence-electron chi connectivity index (χ0n) is 8.79. The predicted molar refractivity (Wildman–Crippen MR) is 55.1 cm³/mol. The van der Waals surface area contributed by atoms with Crippen molar-refractivity contribution in [3.05, 3.63) is 34.2 Å². The van der Waals surface area contributed by atoms with Crippen molar-refractivity contribution in [2.45, 2.75) is 39.7 Å². The van der Waals surface area contributed by atoms with Gasteiger partial charge in [0, 0.05) is 17.3 Å². The number of pyridine rings is 1. The molecule has 2 nitrogen and oxygen atoms in total. The first-order chi connectivity index (χ1) is 5.99. The number of aryl methyl sites for hydroxylation is 1. The van der Waals surface area contributed by atoms with Gasteiger partial charge in [-0.1, -0.05) is 13.0 Å². The van der Waals surface area contributed by atoms with Gasteiger partial charge < -0.3 is 4.57 Å². The molecule has 1 aromatic rings. The van der Waals surface area contributed by atoms with Crippen molar-refractivity contribution in [1.29, 1.82) is 0 Å². The second kappa shape index (κ2) is 3.36. The fourth-order valence-electron chi connectivity index (χ4n) is 1.53. The zero-order valence-corrected chi connectivity index (χ0v) is 8.79. The monoisotopic (exact) mass is 179 g/mol. The molecule has 0 N–H and O–H groups in total. The van der Waals surface area contributed by atoms with Gasteiger partial charge in [-0.15, -0.1) is 0 Å². The van der Waals surface area contributed by atoms with Crippen LogP contribution in [0.3, 0.4) is 0 Å². The van der Waals surface area contributed by atoms with E-state index in [1.807, 2.05) is 17.6 Å². The van der Waals surface area contributed by atoms with E-state index in [0.717, 1.165) is 12.1 Å². The molecular formula is C11H17NO. The SMILES string of the molecule is CCC(C)(C)n1c(C)cccc1=O. The van der Waals surface area contributed by atoms with E-state index in [9.17, 15) is 4.79 Å². The molecule has 72 valence electrons. The van der Waals surface area contributed by atoms with Gasteiger partial charge in [-0.3, -0.25) is 4.79 Å². The van der Waals surface area contributed by atoms with E-state index in [1.165, 1.54) is 0 Å². The summed E-state index contributed by atoms with van der Waals surface area (Å²) >= 11 is 0. The van der Waals surface area contributed by atoms with Gasteiger partial charge in [0.2, 0.25) is 0 Å². The van der Waals surface area contributed by atoms with Crippen LogP contribution in [0.4, 0.5) is 0 Å². The van der Waals surface area contributed by atoms with E-state index in [1.54, 1.807) is 12.1 Å². The summed E-state index contributed by atoms with van der Waals surface area (Å²) in [6.45, 7) is 8.24. The second-order valence-electron chi connectivity index (χ2n) is 4.01. The first-order valence-electron chi connectivity index (χ1n) is 4.68. The number of hydrogen-bond donors (Lipinski definition) is 0. The Morgan fingerprint density at radius 1 is 1.38 bits per heavy atom. The van der Waals surface area contributed by atoms with Crippen molar-refractivity contribution in [2.24, 2.45) is 0 Å². The Labute approximate surface area is 79.2 Å². The van der Waals surface area contributed by atoms with Crippen LogP contribution >= 0.6 is 0 Å². The molecule has 0 aliphatic carbocycles. The molecule has 0 amide bonds. The Morgan fingerprint density at radius 3 is 2.46 bits per heavy atom. The predicted octanol–water partition coefficient (Wildman–Crippen LogP) is 2.30. The van der Waals surface area contributed by atoms with Crippen molar-refractivity contribution in [3.8, 4) is 0 Å². The number of nitrogens with zero attached hydrogens (tertiary/aromatic N) is 1. The average Bonchev–Trinajstić information content (AvgIpc) is 2.03. The van der Waals surface area contributed by atoms with E-state index in [2.05, 4.69) is 20.8 Å². The summed E-state index contributed by atoms with van der Waals surface area (Å²) in [7, 11) is 0. The smallest absolute Gasteiger partial charge is 0.251 e. The molecule has 0 spiro atoms. The van der Waals surface area contributed by atoms with Crippen LogP contribution in [-0.2, 0) is 5.54 Å². The standard InChI is InChI=1S/C11H17NO/c1-5-11(3,4)12-9(2)7-6-8-10(12)13/h6-8H,5H2,1-4H3. The third-order valence-electron chi connectivity index (χ3n) is 2.62. The molecule has 0 saturated heterocycles. The summed E-state index contributed by atoms with van der Waals surface area (Å²) in [5, 5.41) is 0. The van der Waals surface area contributed by atoms with Crippen molar-refractivity contribution in [2.75, 3.05) is 0 Å². The molecule has 1 rings (SSSR count). The van der Waals surface area contributed by atoms with Crippen LogP contribution in [0.1, 0.15) is 32.9 Å². The summed E-state index contributed by atoms with van der Waals surface area (Å²) in [5.74, 6) is 0. The third-order valence-corrected chi connectivity index (χ3v) is 2.62. The van der Waals surface area contributed by atoms with Gasteiger partial charge in [-0.25, -0.2) is 0 Å². The minimum absolute atomic E-state index is 0.0809. The summed E-state index contributed by atoms with van der Waals surface area (Å²) in [4.78, 5) is 11.6. The van der Waals surface area contributed by atoms with Gasteiger partial charge in [-0.05, 0) is 33.3 Å². The lowest BCUT2D eigenvalue weighted by atomic mass is 10.0. The zero-order chi connectivity index (χ0) is 10.1. The summed E-state index contributed by atoms with van der Waals surface area (Å²) in [6, 6.07) is 5.39. The molecule has 2 heteroatoms. The van der Waals surface area contributed by atoms with Crippen molar-refractivity contribution in [3.63, 3.8) is 0 Å². The Morgan fingerprint density at radius 2 is 2.00 bits per heavy atom. The van der Waals surface area contributed by atoms with Gasteiger partial charge in [-0.2, -0.15) is 0 Å². The van der Waals surface area contributed by atoms with Gasteiger partial charge in [0.1, 0.15) is 0 Å². The normalized spacial score (nSPS) is 11.7. The van der Waals surface area contributed by atoms with Crippen LogP contribution in [-0.4, -0.2) is 4.57 Å². The fraction of sp³-hybridized carbons (Fsp3) is 0.545. The maximum absolute atomic E-state index is 11.6. The van der Waals surface area contributed by atoms with Crippen LogP contribution in [0.15, 0.2) is 23.0 Å². The Hall–Kier alpha value is -1.05. The molecule has 0 saturated carbocycles. The lowest BCUT2D eigenvalue weighted by molar-refractivity contribution is 0.325. The van der Waals surface area contributed by atoms with Crippen LogP contribution in [0.25, 0.3) is 0 Å². The molecule has 0 unspecified atom stereocenters. The summed E-state index contributed by atoms with van der Waals surface area (Å²) < 4.78 is 1.85. The molecule has 0 atom stereocenters. The Kier molecular flexibility index (Phi) is 2.60. The van der Waals surface area contributed by atoms with Crippen LogP contribution < -0.4 is 5.56 Å². The first kappa shape index (κ1) is 10.0. The number of rotatable bonds is 2. The van der Waals surface area contributed by atoms with E-state index in [4.69, 9.17) is 0 Å². The maximum Gasteiger partial charge on any atom is 0.251 e. The van der Waals surface area contributed by atoms with Crippen molar-refractivity contribution < 1.29 is 0 Å². The highest BCUT2D eigenvalue weighted by atomic mass is 16.1. The van der Waals surface area contributed by atoms with Gasteiger partial charge in [0.05, 0.1) is 0 Å². The second-order valence-corrected chi connectivity index (χ2v) is 4.01. The number of aromatic nitrogens is 1. The van der Waals surface area contributed by atoms with E-state index in [0.29, 0.717) is 0 Å². The number of hydrogen-bond acceptors (Lipinski definition) is 1. The molecule has 0 aliphatic rings. The molecule has 0 aromatic carbocycles. The van der Waals surface area contributed by atoms with Crippen LogP contribution in [0.5, 0.6) is 0 Å². The highest BCUT2D eigenvalue weighted by Gasteiger charge is 2.19. The van der Waals surface area contributed by atoms with E-state index in [-0.39, 0.29) is 11.1 Å². The van der Waals surface area contributed by atoms with Crippen LogP contribution in [0.2, 0.25) is 0 Å².